The van der Waals surface area contributed by atoms with Gasteiger partial charge in [-0.15, -0.1) is 0 Å². The highest BCUT2D eigenvalue weighted by Crippen LogP contribution is 2.33. The van der Waals surface area contributed by atoms with Gasteiger partial charge in [-0.3, -0.25) is 9.59 Å². The number of ketones is 1. The highest BCUT2D eigenvalue weighted by Gasteiger charge is 2.42. The number of fused-ring (bicyclic) bond motifs is 1. The number of rotatable bonds is 8. The third-order valence-electron chi connectivity index (χ3n) is 4.08. The van der Waals surface area contributed by atoms with Crippen molar-refractivity contribution < 1.29 is 19.5 Å². The van der Waals surface area contributed by atoms with Crippen LogP contribution in [0.25, 0.3) is 0 Å². The molecule has 0 spiro atoms. The summed E-state index contributed by atoms with van der Waals surface area (Å²) in [4.78, 5) is 36.2. The normalized spacial score (nSPS) is 28.1. The molecule has 2 amide bonds. The molecule has 1 unspecified atom stereocenters. The minimum Gasteiger partial charge on any atom is -0.481 e. The number of nitrogens with zero attached hydrogens (tertiary/aromatic N) is 1. The van der Waals surface area contributed by atoms with Gasteiger partial charge in [0, 0.05) is 11.0 Å². The molecule has 2 heterocycles. The lowest BCUT2D eigenvalue weighted by Crippen LogP contribution is -2.37. The zero-order valence-electron chi connectivity index (χ0n) is 12.9. The molecule has 0 saturated carbocycles. The Morgan fingerprint density at radius 2 is 2.14 bits per heavy atom. The Morgan fingerprint density at radius 1 is 1.41 bits per heavy atom. The molecule has 0 aromatic rings. The lowest BCUT2D eigenvalue weighted by atomic mass is 9.95. The van der Waals surface area contributed by atoms with Gasteiger partial charge in [0.25, 0.3) is 0 Å². The first-order chi connectivity index (χ1) is 10.4. The van der Waals surface area contributed by atoms with Crippen molar-refractivity contribution in [3.63, 3.8) is 0 Å². The maximum absolute atomic E-state index is 12.0. The molecule has 0 aromatic heterocycles. The first-order valence-corrected chi connectivity index (χ1v) is 8.52. The van der Waals surface area contributed by atoms with E-state index in [4.69, 9.17) is 0 Å². The predicted octanol–water partition coefficient (Wildman–Crippen LogP) is 0.154. The molecule has 4 atom stereocenters. The van der Waals surface area contributed by atoms with E-state index in [1.807, 2.05) is 0 Å². The van der Waals surface area contributed by atoms with Gasteiger partial charge in [-0.1, -0.05) is 6.42 Å². The van der Waals surface area contributed by atoms with Gasteiger partial charge in [0.2, 0.25) is 0 Å². The molecule has 2 aliphatic heterocycles. The van der Waals surface area contributed by atoms with Crippen molar-refractivity contribution in [1.29, 1.82) is 0 Å². The Kier molecular flexibility index (Phi) is 5.69. The molecule has 0 radical (unpaired) electrons. The summed E-state index contributed by atoms with van der Waals surface area (Å²) in [6.45, 7) is 0.153. The summed E-state index contributed by atoms with van der Waals surface area (Å²) in [6.07, 6.45) is 1.84. The SMILES string of the molecule is CN(C)CC(=O)C(CCC[C@@H]1SC[C@@H]2NC(=O)N[C@@H]21)C(=O)O. The Bertz CT molecular complexity index is 457. The van der Waals surface area contributed by atoms with E-state index in [0.29, 0.717) is 18.1 Å². The Balaban J connectivity index is 1.79. The standard InChI is InChI=1S/C14H23N3O4S/c1-17(2)6-10(18)8(13(19)20)4-3-5-11-12-9(7-22-11)15-14(21)16-12/h8-9,11-12H,3-7H2,1-2H3,(H,19,20)(H2,15,16,21)/t8?,9-,11-,12-/m0/s1. The number of carboxylic acids is 1. The molecule has 2 rings (SSSR count). The third-order valence-corrected chi connectivity index (χ3v) is 5.59. The second-order valence-corrected chi connectivity index (χ2v) is 7.42. The van der Waals surface area contributed by atoms with Crippen LogP contribution in [-0.2, 0) is 9.59 Å². The van der Waals surface area contributed by atoms with Crippen LogP contribution in [0.5, 0.6) is 0 Å². The van der Waals surface area contributed by atoms with Crippen molar-refractivity contribution in [2.45, 2.75) is 36.6 Å². The minimum absolute atomic E-state index is 0.120. The Labute approximate surface area is 134 Å². The van der Waals surface area contributed by atoms with Crippen molar-refractivity contribution in [2.24, 2.45) is 5.92 Å². The number of likely N-dealkylation sites (N-methyl/N-ethyl adjacent to an activating group) is 1. The van der Waals surface area contributed by atoms with E-state index in [1.54, 1.807) is 30.8 Å². The average Bonchev–Trinajstić information content (AvgIpc) is 2.93. The van der Waals surface area contributed by atoms with Crippen LogP contribution in [0.15, 0.2) is 0 Å². The Hall–Kier alpha value is -1.28. The summed E-state index contributed by atoms with van der Waals surface area (Å²) in [5.41, 5.74) is 0. The van der Waals surface area contributed by atoms with Crippen LogP contribution >= 0.6 is 11.8 Å². The molecule has 8 heteroatoms. The highest BCUT2D eigenvalue weighted by atomic mass is 32.2. The van der Waals surface area contributed by atoms with Crippen molar-refractivity contribution >= 4 is 29.5 Å². The maximum Gasteiger partial charge on any atom is 0.315 e. The summed E-state index contributed by atoms with van der Waals surface area (Å²) < 4.78 is 0. The summed E-state index contributed by atoms with van der Waals surface area (Å²) in [5, 5.41) is 15.3. The number of carboxylic acid groups (broad SMARTS) is 1. The van der Waals surface area contributed by atoms with Gasteiger partial charge in [0.15, 0.2) is 5.78 Å². The number of Topliss-reactive ketones (excluding diaryl/α,β-unsaturated/α-hetero) is 1. The molecule has 0 bridgehead atoms. The molecule has 0 aliphatic carbocycles. The van der Waals surface area contributed by atoms with Crippen LogP contribution < -0.4 is 10.6 Å². The summed E-state index contributed by atoms with van der Waals surface area (Å²) in [7, 11) is 3.50. The smallest absolute Gasteiger partial charge is 0.315 e. The second kappa shape index (κ2) is 7.32. The topological polar surface area (TPSA) is 98.7 Å². The monoisotopic (exact) mass is 329 g/mol. The van der Waals surface area contributed by atoms with Crippen LogP contribution in [0.2, 0.25) is 0 Å². The molecule has 2 saturated heterocycles. The molecule has 3 N–H and O–H groups in total. The van der Waals surface area contributed by atoms with Crippen LogP contribution in [0.3, 0.4) is 0 Å². The average molecular weight is 329 g/mol. The number of urea groups is 1. The van der Waals surface area contributed by atoms with Gasteiger partial charge in [-0.2, -0.15) is 11.8 Å². The van der Waals surface area contributed by atoms with Crippen molar-refractivity contribution in [3.05, 3.63) is 0 Å². The minimum atomic E-state index is -1.04. The van der Waals surface area contributed by atoms with Crippen LogP contribution in [0, 0.1) is 5.92 Å². The number of nitrogens with one attached hydrogen (secondary N) is 2. The summed E-state index contributed by atoms with van der Waals surface area (Å²) >= 11 is 1.80. The van der Waals surface area contributed by atoms with Crippen molar-refractivity contribution in [2.75, 3.05) is 26.4 Å². The molecular weight excluding hydrogens is 306 g/mol. The van der Waals surface area contributed by atoms with E-state index in [-0.39, 0.29) is 30.4 Å². The van der Waals surface area contributed by atoms with Crippen molar-refractivity contribution in [1.82, 2.24) is 15.5 Å². The second-order valence-electron chi connectivity index (χ2n) is 6.15. The zero-order valence-corrected chi connectivity index (χ0v) is 13.7. The van der Waals surface area contributed by atoms with E-state index < -0.39 is 11.9 Å². The number of thioether (sulfide) groups is 1. The van der Waals surface area contributed by atoms with E-state index in [1.165, 1.54) is 0 Å². The van der Waals surface area contributed by atoms with Gasteiger partial charge in [0.05, 0.1) is 18.6 Å². The molecular formula is C14H23N3O4S. The Morgan fingerprint density at radius 3 is 2.77 bits per heavy atom. The zero-order chi connectivity index (χ0) is 16.3. The molecule has 2 aliphatic rings. The van der Waals surface area contributed by atoms with E-state index in [0.717, 1.165) is 12.2 Å². The summed E-state index contributed by atoms with van der Waals surface area (Å²) in [5.74, 6) is -1.33. The lowest BCUT2D eigenvalue weighted by Gasteiger charge is -2.18. The lowest BCUT2D eigenvalue weighted by molar-refractivity contribution is -0.146. The number of amides is 2. The summed E-state index contributed by atoms with van der Waals surface area (Å²) in [6, 6.07) is 0.177. The van der Waals surface area contributed by atoms with E-state index in [2.05, 4.69) is 10.6 Å². The first-order valence-electron chi connectivity index (χ1n) is 7.47. The maximum atomic E-state index is 12.0. The molecule has 124 valence electrons. The molecule has 0 aromatic carbocycles. The fourth-order valence-electron chi connectivity index (χ4n) is 3.01. The highest BCUT2D eigenvalue weighted by molar-refractivity contribution is 8.00. The number of hydrogen-bond acceptors (Lipinski definition) is 5. The van der Waals surface area contributed by atoms with Gasteiger partial charge in [-0.25, -0.2) is 4.79 Å². The van der Waals surface area contributed by atoms with Crippen LogP contribution in [0.4, 0.5) is 4.79 Å². The fraction of sp³-hybridized carbons (Fsp3) is 0.786. The number of aliphatic carboxylic acids is 1. The number of hydrogen-bond donors (Lipinski definition) is 3. The quantitative estimate of drug-likeness (QED) is 0.433. The predicted molar refractivity (Wildman–Crippen MR) is 84.0 cm³/mol. The first kappa shape index (κ1) is 17.1. The third kappa shape index (κ3) is 4.13. The van der Waals surface area contributed by atoms with Crippen LogP contribution in [0.1, 0.15) is 19.3 Å². The molecule has 2 fully saturated rings. The van der Waals surface area contributed by atoms with Gasteiger partial charge in [0.1, 0.15) is 5.92 Å². The number of carbonyl (C=O) groups is 3. The van der Waals surface area contributed by atoms with Crippen molar-refractivity contribution in [3.8, 4) is 0 Å². The van der Waals surface area contributed by atoms with Gasteiger partial charge in [-0.05, 0) is 26.9 Å². The molecule has 22 heavy (non-hydrogen) atoms. The van der Waals surface area contributed by atoms with E-state index >= 15 is 0 Å². The van der Waals surface area contributed by atoms with Gasteiger partial charge < -0.3 is 20.6 Å². The largest absolute Gasteiger partial charge is 0.481 e. The van der Waals surface area contributed by atoms with E-state index in [9.17, 15) is 19.5 Å². The molecule has 7 nitrogen and oxygen atoms in total. The van der Waals surface area contributed by atoms with Crippen LogP contribution in [-0.4, -0.2) is 71.5 Å². The van der Waals surface area contributed by atoms with Gasteiger partial charge >= 0.3 is 12.0 Å². The number of carbonyl (C=O) groups excluding carboxylic acids is 2. The fourth-order valence-corrected chi connectivity index (χ4v) is 4.55.